The first kappa shape index (κ1) is 13.4. The van der Waals surface area contributed by atoms with Crippen LogP contribution in [0.1, 0.15) is 32.6 Å². The fourth-order valence-electron chi connectivity index (χ4n) is 2.14. The van der Waals surface area contributed by atoms with E-state index < -0.39 is 21.4 Å². The Labute approximate surface area is 95.7 Å². The number of carboxylic acid groups (broad SMARTS) is 1. The molecule has 1 unspecified atom stereocenters. The van der Waals surface area contributed by atoms with Crippen LogP contribution in [0.4, 0.5) is 0 Å². The first-order chi connectivity index (χ1) is 7.39. The molecule has 94 valence electrons. The molecule has 1 heterocycles. The van der Waals surface area contributed by atoms with Crippen LogP contribution >= 0.6 is 0 Å². The summed E-state index contributed by atoms with van der Waals surface area (Å²) in [4.78, 5) is 10.8. The zero-order chi connectivity index (χ0) is 12.2. The largest absolute Gasteiger partial charge is 0.481 e. The summed E-state index contributed by atoms with van der Waals surface area (Å²) < 4.78 is 28.4. The van der Waals surface area contributed by atoms with E-state index in [1.165, 1.54) is 0 Å². The van der Waals surface area contributed by atoms with Crippen molar-refractivity contribution in [1.82, 2.24) is 0 Å². The van der Waals surface area contributed by atoms with Gasteiger partial charge in [0.05, 0.1) is 23.5 Å². The summed E-state index contributed by atoms with van der Waals surface area (Å²) in [6.07, 6.45) is 1.16. The summed E-state index contributed by atoms with van der Waals surface area (Å²) in [5.74, 6) is -0.769. The van der Waals surface area contributed by atoms with Crippen LogP contribution in [0, 0.1) is 0 Å². The predicted octanol–water partition coefficient (Wildman–Crippen LogP) is 0.835. The molecule has 0 amide bonds. The maximum atomic E-state index is 11.4. The van der Waals surface area contributed by atoms with Gasteiger partial charge >= 0.3 is 5.97 Å². The van der Waals surface area contributed by atoms with Gasteiger partial charge in [-0.05, 0) is 26.2 Å². The van der Waals surface area contributed by atoms with Gasteiger partial charge < -0.3 is 9.84 Å². The van der Waals surface area contributed by atoms with Gasteiger partial charge in [0.2, 0.25) is 0 Å². The molecule has 1 N–H and O–H groups in total. The van der Waals surface area contributed by atoms with Crippen LogP contribution in [0.5, 0.6) is 0 Å². The standard InChI is InChI=1S/C10H18O5S/c1-2-15-10(8-9(11)12)4-3-6-16(13,14)7-5-10/h2-8H2,1H3,(H,11,12). The first-order valence-corrected chi connectivity index (χ1v) is 7.27. The highest BCUT2D eigenvalue weighted by atomic mass is 32.2. The summed E-state index contributed by atoms with van der Waals surface area (Å²) in [7, 11) is -3.02. The van der Waals surface area contributed by atoms with Crippen molar-refractivity contribution in [1.29, 1.82) is 0 Å². The van der Waals surface area contributed by atoms with E-state index in [-0.39, 0.29) is 24.3 Å². The molecule has 0 saturated carbocycles. The fourth-order valence-corrected chi connectivity index (χ4v) is 3.61. The Hall–Kier alpha value is -0.620. The molecule has 1 aliphatic heterocycles. The molecule has 0 aromatic rings. The van der Waals surface area contributed by atoms with E-state index in [2.05, 4.69) is 0 Å². The van der Waals surface area contributed by atoms with E-state index in [0.717, 1.165) is 0 Å². The lowest BCUT2D eigenvalue weighted by Crippen LogP contribution is -2.36. The molecule has 0 aromatic carbocycles. The molecule has 0 aliphatic carbocycles. The molecule has 5 nitrogen and oxygen atoms in total. The van der Waals surface area contributed by atoms with Crippen molar-refractivity contribution in [2.75, 3.05) is 18.1 Å². The van der Waals surface area contributed by atoms with Gasteiger partial charge in [-0.2, -0.15) is 0 Å². The third-order valence-corrected chi connectivity index (χ3v) is 4.62. The Morgan fingerprint density at radius 3 is 2.62 bits per heavy atom. The molecule has 1 aliphatic rings. The smallest absolute Gasteiger partial charge is 0.306 e. The van der Waals surface area contributed by atoms with Crippen LogP contribution in [0.2, 0.25) is 0 Å². The molecular formula is C10H18O5S. The topological polar surface area (TPSA) is 80.7 Å². The molecule has 1 fully saturated rings. The van der Waals surface area contributed by atoms with E-state index in [1.807, 2.05) is 0 Å². The predicted molar refractivity (Wildman–Crippen MR) is 59.1 cm³/mol. The van der Waals surface area contributed by atoms with Gasteiger partial charge in [0.25, 0.3) is 0 Å². The molecular weight excluding hydrogens is 232 g/mol. The lowest BCUT2D eigenvalue weighted by Gasteiger charge is -2.30. The van der Waals surface area contributed by atoms with Crippen molar-refractivity contribution in [3.8, 4) is 0 Å². The van der Waals surface area contributed by atoms with Gasteiger partial charge in [-0.3, -0.25) is 4.79 Å². The lowest BCUT2D eigenvalue weighted by molar-refractivity contribution is -0.146. The molecule has 0 bridgehead atoms. The number of ether oxygens (including phenoxy) is 1. The van der Waals surface area contributed by atoms with E-state index in [4.69, 9.17) is 9.84 Å². The highest BCUT2D eigenvalue weighted by Crippen LogP contribution is 2.30. The Bertz CT molecular complexity index is 348. The second-order valence-electron chi connectivity index (χ2n) is 4.19. The molecule has 1 saturated heterocycles. The van der Waals surface area contributed by atoms with Gasteiger partial charge in [-0.25, -0.2) is 8.42 Å². The molecule has 6 heteroatoms. The normalized spacial score (nSPS) is 29.6. The second-order valence-corrected chi connectivity index (χ2v) is 6.50. The highest BCUT2D eigenvalue weighted by Gasteiger charge is 2.37. The van der Waals surface area contributed by atoms with Crippen molar-refractivity contribution in [2.45, 2.75) is 38.2 Å². The molecule has 0 aromatic heterocycles. The Kier molecular flexibility index (Phi) is 4.32. The highest BCUT2D eigenvalue weighted by molar-refractivity contribution is 7.91. The van der Waals surface area contributed by atoms with Crippen LogP contribution in [0.15, 0.2) is 0 Å². The molecule has 16 heavy (non-hydrogen) atoms. The van der Waals surface area contributed by atoms with Gasteiger partial charge in [-0.15, -0.1) is 0 Å². The van der Waals surface area contributed by atoms with Crippen LogP contribution in [-0.4, -0.2) is 43.2 Å². The molecule has 1 rings (SSSR count). The van der Waals surface area contributed by atoms with Gasteiger partial charge in [0.15, 0.2) is 0 Å². The van der Waals surface area contributed by atoms with E-state index in [1.54, 1.807) is 6.92 Å². The summed E-state index contributed by atoms with van der Waals surface area (Å²) in [5, 5.41) is 8.85. The number of hydrogen-bond donors (Lipinski definition) is 1. The zero-order valence-corrected chi connectivity index (χ0v) is 10.3. The average molecular weight is 250 g/mol. The van der Waals surface area contributed by atoms with Crippen molar-refractivity contribution < 1.29 is 23.1 Å². The lowest BCUT2D eigenvalue weighted by atomic mass is 9.91. The van der Waals surface area contributed by atoms with Crippen LogP contribution < -0.4 is 0 Å². The van der Waals surface area contributed by atoms with Crippen LogP contribution in [0.3, 0.4) is 0 Å². The Balaban J connectivity index is 2.81. The van der Waals surface area contributed by atoms with Crippen LogP contribution in [0.25, 0.3) is 0 Å². The number of carboxylic acids is 1. The minimum absolute atomic E-state index is 0.0281. The maximum absolute atomic E-state index is 11.4. The van der Waals surface area contributed by atoms with Crippen molar-refractivity contribution in [3.05, 3.63) is 0 Å². The summed E-state index contributed by atoms with van der Waals surface area (Å²) >= 11 is 0. The summed E-state index contributed by atoms with van der Waals surface area (Å²) in [6.45, 7) is 2.20. The first-order valence-electron chi connectivity index (χ1n) is 5.45. The number of hydrogen-bond acceptors (Lipinski definition) is 4. The summed E-state index contributed by atoms with van der Waals surface area (Å²) in [6, 6.07) is 0. The van der Waals surface area contributed by atoms with Crippen molar-refractivity contribution >= 4 is 15.8 Å². The third-order valence-electron chi connectivity index (χ3n) is 2.88. The van der Waals surface area contributed by atoms with E-state index in [0.29, 0.717) is 19.4 Å². The molecule has 1 atom stereocenters. The minimum Gasteiger partial charge on any atom is -0.481 e. The molecule has 0 spiro atoms. The SMILES string of the molecule is CCOC1(CC(=O)O)CCCS(=O)(=O)CC1. The van der Waals surface area contributed by atoms with Gasteiger partial charge in [0, 0.05) is 6.61 Å². The van der Waals surface area contributed by atoms with Crippen molar-refractivity contribution in [2.24, 2.45) is 0 Å². The third kappa shape index (κ3) is 3.75. The molecule has 0 radical (unpaired) electrons. The Morgan fingerprint density at radius 2 is 2.06 bits per heavy atom. The van der Waals surface area contributed by atoms with Gasteiger partial charge in [0.1, 0.15) is 9.84 Å². The van der Waals surface area contributed by atoms with Gasteiger partial charge in [-0.1, -0.05) is 0 Å². The number of rotatable bonds is 4. The number of aliphatic carboxylic acids is 1. The Morgan fingerprint density at radius 1 is 1.38 bits per heavy atom. The maximum Gasteiger partial charge on any atom is 0.306 e. The van der Waals surface area contributed by atoms with Crippen LogP contribution in [-0.2, 0) is 19.4 Å². The van der Waals surface area contributed by atoms with E-state index in [9.17, 15) is 13.2 Å². The second kappa shape index (κ2) is 5.14. The number of carbonyl (C=O) groups is 1. The average Bonchev–Trinajstić information content (AvgIpc) is 2.26. The van der Waals surface area contributed by atoms with Crippen molar-refractivity contribution in [3.63, 3.8) is 0 Å². The zero-order valence-electron chi connectivity index (χ0n) is 9.44. The quantitative estimate of drug-likeness (QED) is 0.799. The number of sulfone groups is 1. The van der Waals surface area contributed by atoms with E-state index >= 15 is 0 Å². The minimum atomic E-state index is -3.02. The summed E-state index contributed by atoms with van der Waals surface area (Å²) in [5.41, 5.74) is -0.788. The fraction of sp³-hybridized carbons (Fsp3) is 0.900. The monoisotopic (exact) mass is 250 g/mol.